The van der Waals surface area contributed by atoms with Crippen LogP contribution in [0.1, 0.15) is 29.5 Å². The number of Topliss-reactive ketones (excluding diaryl/α,β-unsaturated/α-hetero) is 1. The van der Waals surface area contributed by atoms with E-state index in [1.807, 2.05) is 0 Å². The number of carbonyl (C=O) groups is 2. The standard InChI is InChI=1S/C22H20F3N5O2S/c1-2-19(31)21-18(30-20(32)12-27-11-16-6-7-26-13-29-16)9-15(10-28-21)14-4-3-5-17(8-14)33-22(23,24)25/h3-10,13,27H,2,11-12H2,1H3,(H,30,32). The zero-order valence-corrected chi connectivity index (χ0v) is 18.3. The average Bonchev–Trinajstić information content (AvgIpc) is 2.78. The van der Waals surface area contributed by atoms with Gasteiger partial charge in [0.1, 0.15) is 12.0 Å². The normalized spacial score (nSPS) is 11.3. The summed E-state index contributed by atoms with van der Waals surface area (Å²) in [6.07, 6.45) is 4.58. The van der Waals surface area contributed by atoms with Crippen molar-refractivity contribution < 1.29 is 22.8 Å². The van der Waals surface area contributed by atoms with Gasteiger partial charge in [0.25, 0.3) is 0 Å². The fraction of sp³-hybridized carbons (Fsp3) is 0.227. The van der Waals surface area contributed by atoms with E-state index in [4.69, 9.17) is 0 Å². The molecule has 2 aromatic heterocycles. The van der Waals surface area contributed by atoms with Crippen LogP contribution in [0.5, 0.6) is 0 Å². The minimum Gasteiger partial charge on any atom is -0.323 e. The molecule has 0 aliphatic rings. The fourth-order valence-corrected chi connectivity index (χ4v) is 3.50. The maximum absolute atomic E-state index is 12.7. The Kier molecular flexibility index (Phi) is 8.12. The van der Waals surface area contributed by atoms with Gasteiger partial charge < -0.3 is 10.6 Å². The minimum absolute atomic E-state index is 0.0215. The third-order valence-electron chi connectivity index (χ3n) is 4.38. The summed E-state index contributed by atoms with van der Waals surface area (Å²) in [5.41, 5.74) is -2.47. The Hall–Kier alpha value is -3.31. The first-order valence-electron chi connectivity index (χ1n) is 9.90. The van der Waals surface area contributed by atoms with Gasteiger partial charge in [0.2, 0.25) is 5.91 Å². The highest BCUT2D eigenvalue weighted by Gasteiger charge is 2.29. The number of nitrogens with one attached hydrogen (secondary N) is 2. The summed E-state index contributed by atoms with van der Waals surface area (Å²) in [7, 11) is 0. The van der Waals surface area contributed by atoms with Gasteiger partial charge in [-0.2, -0.15) is 13.2 Å². The van der Waals surface area contributed by atoms with Gasteiger partial charge in [-0.25, -0.2) is 9.97 Å². The number of rotatable bonds is 9. The van der Waals surface area contributed by atoms with Crippen LogP contribution in [0.2, 0.25) is 0 Å². The topological polar surface area (TPSA) is 96.9 Å². The Balaban J connectivity index is 1.78. The highest BCUT2D eigenvalue weighted by atomic mass is 32.2. The molecule has 1 amide bonds. The number of anilines is 1. The molecule has 2 heterocycles. The molecule has 0 unspecified atom stereocenters. The highest BCUT2D eigenvalue weighted by molar-refractivity contribution is 8.00. The number of hydrogen-bond acceptors (Lipinski definition) is 7. The molecule has 7 nitrogen and oxygen atoms in total. The quantitative estimate of drug-likeness (QED) is 0.348. The number of aromatic nitrogens is 3. The zero-order valence-electron chi connectivity index (χ0n) is 17.5. The smallest absolute Gasteiger partial charge is 0.323 e. The molecule has 3 aromatic rings. The molecule has 0 bridgehead atoms. The van der Waals surface area contributed by atoms with E-state index in [0.717, 1.165) is 0 Å². The Morgan fingerprint density at radius 2 is 1.91 bits per heavy atom. The Morgan fingerprint density at radius 1 is 1.09 bits per heavy atom. The lowest BCUT2D eigenvalue weighted by atomic mass is 10.0. The predicted molar refractivity (Wildman–Crippen MR) is 119 cm³/mol. The van der Waals surface area contributed by atoms with E-state index >= 15 is 0 Å². The summed E-state index contributed by atoms with van der Waals surface area (Å²) in [6, 6.07) is 9.12. The van der Waals surface area contributed by atoms with E-state index in [1.54, 1.807) is 25.3 Å². The van der Waals surface area contributed by atoms with Crippen molar-refractivity contribution in [3.8, 4) is 11.1 Å². The van der Waals surface area contributed by atoms with Crippen molar-refractivity contribution in [2.45, 2.75) is 30.3 Å². The third kappa shape index (κ3) is 7.36. The second-order valence-corrected chi connectivity index (χ2v) is 7.96. The van der Waals surface area contributed by atoms with Crippen molar-refractivity contribution in [1.29, 1.82) is 0 Å². The molecule has 0 fully saturated rings. The van der Waals surface area contributed by atoms with E-state index in [1.165, 1.54) is 36.8 Å². The van der Waals surface area contributed by atoms with Gasteiger partial charge in [0.05, 0.1) is 17.9 Å². The van der Waals surface area contributed by atoms with Crippen LogP contribution in [0, 0.1) is 0 Å². The first-order valence-corrected chi connectivity index (χ1v) is 10.7. The minimum atomic E-state index is -4.41. The SMILES string of the molecule is CCC(=O)c1ncc(-c2cccc(SC(F)(F)F)c2)cc1NC(=O)CNCc1ccncn1. The number of alkyl halides is 3. The number of ketones is 1. The summed E-state index contributed by atoms with van der Waals surface area (Å²) in [6.45, 7) is 1.97. The lowest BCUT2D eigenvalue weighted by molar-refractivity contribution is -0.115. The Morgan fingerprint density at radius 3 is 2.61 bits per heavy atom. The van der Waals surface area contributed by atoms with Crippen LogP contribution >= 0.6 is 11.8 Å². The monoisotopic (exact) mass is 475 g/mol. The number of halogens is 3. The van der Waals surface area contributed by atoms with Crippen LogP contribution in [-0.2, 0) is 11.3 Å². The number of hydrogen-bond donors (Lipinski definition) is 2. The van der Waals surface area contributed by atoms with Crippen LogP contribution < -0.4 is 10.6 Å². The summed E-state index contributed by atoms with van der Waals surface area (Å²) in [5.74, 6) is -0.679. The summed E-state index contributed by atoms with van der Waals surface area (Å²) >= 11 is -0.218. The lowest BCUT2D eigenvalue weighted by Crippen LogP contribution is -2.28. The first-order chi connectivity index (χ1) is 15.7. The molecule has 172 valence electrons. The second kappa shape index (κ2) is 11.0. The molecule has 0 saturated heterocycles. The molecule has 0 aliphatic heterocycles. The van der Waals surface area contributed by atoms with Crippen LogP contribution in [0.25, 0.3) is 11.1 Å². The van der Waals surface area contributed by atoms with Gasteiger partial charge in [-0.3, -0.25) is 14.6 Å². The molecule has 0 atom stereocenters. The maximum atomic E-state index is 12.7. The molecular formula is C22H20F3N5O2S. The summed E-state index contributed by atoms with van der Waals surface area (Å²) in [4.78, 5) is 36.8. The van der Waals surface area contributed by atoms with Crippen molar-refractivity contribution in [3.05, 3.63) is 66.5 Å². The molecule has 3 rings (SSSR count). The second-order valence-electron chi connectivity index (χ2n) is 6.82. The number of thioether (sulfide) groups is 1. The lowest BCUT2D eigenvalue weighted by Gasteiger charge is -2.13. The zero-order chi connectivity index (χ0) is 23.8. The van der Waals surface area contributed by atoms with Crippen LogP contribution in [-0.4, -0.2) is 38.7 Å². The molecule has 0 aliphatic carbocycles. The number of pyridine rings is 1. The highest BCUT2D eigenvalue weighted by Crippen LogP contribution is 2.38. The van der Waals surface area contributed by atoms with E-state index in [0.29, 0.717) is 23.4 Å². The van der Waals surface area contributed by atoms with Crippen molar-refractivity contribution in [3.63, 3.8) is 0 Å². The number of nitrogens with zero attached hydrogens (tertiary/aromatic N) is 3. The van der Waals surface area contributed by atoms with Crippen LogP contribution in [0.15, 0.2) is 60.0 Å². The third-order valence-corrected chi connectivity index (χ3v) is 5.10. The van der Waals surface area contributed by atoms with Gasteiger partial charge in [-0.05, 0) is 41.6 Å². The van der Waals surface area contributed by atoms with Gasteiger partial charge in [0, 0.05) is 35.8 Å². The molecular weight excluding hydrogens is 455 g/mol. The molecule has 0 radical (unpaired) electrons. The van der Waals surface area contributed by atoms with Gasteiger partial charge in [-0.15, -0.1) is 0 Å². The average molecular weight is 475 g/mol. The molecule has 11 heteroatoms. The number of amides is 1. The molecule has 1 aromatic carbocycles. The van der Waals surface area contributed by atoms with E-state index < -0.39 is 11.4 Å². The number of benzene rings is 1. The summed E-state index contributed by atoms with van der Waals surface area (Å²) in [5, 5.41) is 5.62. The van der Waals surface area contributed by atoms with Gasteiger partial charge in [0.15, 0.2) is 5.78 Å². The predicted octanol–water partition coefficient (Wildman–Crippen LogP) is 4.47. The summed E-state index contributed by atoms with van der Waals surface area (Å²) < 4.78 is 38.2. The van der Waals surface area contributed by atoms with Gasteiger partial charge in [-0.1, -0.05) is 19.1 Å². The maximum Gasteiger partial charge on any atom is 0.446 e. The van der Waals surface area contributed by atoms with Crippen molar-refractivity contribution in [2.75, 3.05) is 11.9 Å². The first kappa shape index (κ1) is 24.3. The van der Waals surface area contributed by atoms with E-state index in [2.05, 4.69) is 25.6 Å². The van der Waals surface area contributed by atoms with E-state index in [-0.39, 0.29) is 46.8 Å². The van der Waals surface area contributed by atoms with Crippen molar-refractivity contribution in [1.82, 2.24) is 20.3 Å². The van der Waals surface area contributed by atoms with Gasteiger partial charge >= 0.3 is 5.51 Å². The Labute approximate surface area is 192 Å². The van der Waals surface area contributed by atoms with Crippen LogP contribution in [0.3, 0.4) is 0 Å². The van der Waals surface area contributed by atoms with Crippen LogP contribution in [0.4, 0.5) is 18.9 Å². The molecule has 2 N–H and O–H groups in total. The number of carbonyl (C=O) groups excluding carboxylic acids is 2. The molecule has 0 saturated carbocycles. The Bertz CT molecular complexity index is 1130. The van der Waals surface area contributed by atoms with E-state index in [9.17, 15) is 22.8 Å². The molecule has 0 spiro atoms. The fourth-order valence-electron chi connectivity index (χ4n) is 2.90. The molecule has 33 heavy (non-hydrogen) atoms. The largest absolute Gasteiger partial charge is 0.446 e. The van der Waals surface area contributed by atoms with Crippen molar-refractivity contribution >= 4 is 29.1 Å². The van der Waals surface area contributed by atoms with Crippen molar-refractivity contribution in [2.24, 2.45) is 0 Å².